The van der Waals surface area contributed by atoms with Crippen molar-refractivity contribution in [2.24, 2.45) is 0 Å². The molecule has 2 nitrogen and oxygen atoms in total. The first-order chi connectivity index (χ1) is 6.99. The van der Waals surface area contributed by atoms with Crippen LogP contribution in [0.4, 0.5) is 8.78 Å². The Kier molecular flexibility index (Phi) is 3.79. The number of halogens is 3. The van der Waals surface area contributed by atoms with E-state index in [9.17, 15) is 13.6 Å². The first-order valence-corrected chi connectivity index (χ1v) is 4.99. The molecule has 0 aliphatic carbocycles. The van der Waals surface area contributed by atoms with Gasteiger partial charge in [-0.2, -0.15) is 0 Å². The Labute approximate surface area is 94.4 Å². The maximum atomic E-state index is 13.4. The number of benzene rings is 1. The summed E-state index contributed by atoms with van der Waals surface area (Å²) < 4.78 is 31.0. The van der Waals surface area contributed by atoms with Crippen molar-refractivity contribution in [2.75, 3.05) is 7.11 Å². The molecule has 0 N–H and O–H groups in total. The fourth-order valence-corrected chi connectivity index (χ4v) is 1.49. The molecule has 0 aliphatic rings. The van der Waals surface area contributed by atoms with Gasteiger partial charge in [-0.1, -0.05) is 6.07 Å². The Morgan fingerprint density at radius 2 is 2.00 bits per heavy atom. The number of hydrogen-bond acceptors (Lipinski definition) is 2. The zero-order valence-corrected chi connectivity index (χ0v) is 9.77. The fourth-order valence-electron chi connectivity index (χ4n) is 1.18. The maximum absolute atomic E-state index is 13.4. The van der Waals surface area contributed by atoms with Crippen LogP contribution in [0.25, 0.3) is 0 Å². The largest absolute Gasteiger partial charge is 0.469 e. The summed E-state index contributed by atoms with van der Waals surface area (Å²) in [4.78, 5) is 11.1. The summed E-state index contributed by atoms with van der Waals surface area (Å²) in [7, 11) is 1.20. The number of carbonyl (C=O) groups is 1. The molecule has 0 bridgehead atoms. The standard InChI is InChI=1S/C10H9BrF2O2/c1-5(10(14)15-2)6-3-4-7(11)9(13)8(6)12/h3-5H,1-2H3. The van der Waals surface area contributed by atoms with Crippen molar-refractivity contribution in [3.05, 3.63) is 33.8 Å². The van der Waals surface area contributed by atoms with Gasteiger partial charge in [0, 0.05) is 5.56 Å². The van der Waals surface area contributed by atoms with Gasteiger partial charge in [-0.25, -0.2) is 8.78 Å². The second kappa shape index (κ2) is 4.70. The van der Waals surface area contributed by atoms with Crippen LogP contribution in [-0.4, -0.2) is 13.1 Å². The molecule has 1 aromatic rings. The zero-order valence-electron chi connectivity index (χ0n) is 8.18. The monoisotopic (exact) mass is 278 g/mol. The molecular weight excluding hydrogens is 270 g/mol. The molecule has 0 heterocycles. The minimum absolute atomic E-state index is 0.0115. The lowest BCUT2D eigenvalue weighted by atomic mass is 10.0. The first kappa shape index (κ1) is 12.1. The molecule has 1 aromatic carbocycles. The summed E-state index contributed by atoms with van der Waals surface area (Å²) in [6.07, 6.45) is 0. The summed E-state index contributed by atoms with van der Waals surface area (Å²) in [5, 5.41) is 0. The molecule has 0 saturated carbocycles. The van der Waals surface area contributed by atoms with Gasteiger partial charge in [-0.05, 0) is 28.9 Å². The first-order valence-electron chi connectivity index (χ1n) is 4.20. The molecular formula is C10H9BrF2O2. The van der Waals surface area contributed by atoms with Crippen molar-refractivity contribution >= 4 is 21.9 Å². The molecule has 0 aliphatic heterocycles. The van der Waals surface area contributed by atoms with Gasteiger partial charge < -0.3 is 4.74 Å². The van der Waals surface area contributed by atoms with Gasteiger partial charge in [0.05, 0.1) is 17.5 Å². The Hall–Kier alpha value is -0.970. The van der Waals surface area contributed by atoms with E-state index in [2.05, 4.69) is 20.7 Å². The van der Waals surface area contributed by atoms with Crippen LogP contribution in [0, 0.1) is 11.6 Å². The molecule has 0 saturated heterocycles. The van der Waals surface area contributed by atoms with Gasteiger partial charge in [0.1, 0.15) is 0 Å². The van der Waals surface area contributed by atoms with Gasteiger partial charge in [-0.15, -0.1) is 0 Å². The van der Waals surface area contributed by atoms with E-state index in [1.165, 1.54) is 26.2 Å². The third-order valence-electron chi connectivity index (χ3n) is 2.09. The van der Waals surface area contributed by atoms with E-state index in [4.69, 9.17) is 0 Å². The van der Waals surface area contributed by atoms with E-state index < -0.39 is 23.5 Å². The second-order valence-electron chi connectivity index (χ2n) is 3.01. The predicted octanol–water partition coefficient (Wildman–Crippen LogP) is 3.00. The third-order valence-corrected chi connectivity index (χ3v) is 2.70. The van der Waals surface area contributed by atoms with Crippen LogP contribution in [0.2, 0.25) is 0 Å². The topological polar surface area (TPSA) is 26.3 Å². The number of carbonyl (C=O) groups excluding carboxylic acids is 1. The highest BCUT2D eigenvalue weighted by Crippen LogP contribution is 2.26. The van der Waals surface area contributed by atoms with Crippen LogP contribution in [0.5, 0.6) is 0 Å². The van der Waals surface area contributed by atoms with Gasteiger partial charge >= 0.3 is 5.97 Å². The predicted molar refractivity (Wildman–Crippen MR) is 54.5 cm³/mol. The lowest BCUT2D eigenvalue weighted by molar-refractivity contribution is -0.142. The fraction of sp³-hybridized carbons (Fsp3) is 0.300. The van der Waals surface area contributed by atoms with Crippen molar-refractivity contribution in [2.45, 2.75) is 12.8 Å². The van der Waals surface area contributed by atoms with Crippen molar-refractivity contribution in [3.8, 4) is 0 Å². The van der Waals surface area contributed by atoms with E-state index in [1.54, 1.807) is 0 Å². The van der Waals surface area contributed by atoms with Crippen molar-refractivity contribution in [1.29, 1.82) is 0 Å². The van der Waals surface area contributed by atoms with E-state index in [0.29, 0.717) is 0 Å². The third kappa shape index (κ3) is 2.34. The summed E-state index contributed by atoms with van der Waals surface area (Å²) in [6, 6.07) is 2.71. The van der Waals surface area contributed by atoms with E-state index in [-0.39, 0.29) is 10.0 Å². The van der Waals surface area contributed by atoms with Crippen LogP contribution in [0.1, 0.15) is 18.4 Å². The number of hydrogen-bond donors (Lipinski definition) is 0. The Morgan fingerprint density at radius 3 is 2.53 bits per heavy atom. The lowest BCUT2D eigenvalue weighted by Gasteiger charge is -2.11. The average Bonchev–Trinajstić information content (AvgIpc) is 2.24. The summed E-state index contributed by atoms with van der Waals surface area (Å²) in [5.41, 5.74) is -0.0115. The van der Waals surface area contributed by atoms with Gasteiger partial charge in [0.2, 0.25) is 0 Å². The molecule has 82 valence electrons. The van der Waals surface area contributed by atoms with Crippen LogP contribution in [0.3, 0.4) is 0 Å². The van der Waals surface area contributed by atoms with Gasteiger partial charge in [-0.3, -0.25) is 4.79 Å². The molecule has 0 fully saturated rings. The molecule has 0 aromatic heterocycles. The average molecular weight is 279 g/mol. The Balaban J connectivity index is 3.16. The highest BCUT2D eigenvalue weighted by Gasteiger charge is 2.22. The van der Waals surface area contributed by atoms with Crippen molar-refractivity contribution in [3.63, 3.8) is 0 Å². The number of ether oxygens (including phenoxy) is 1. The number of rotatable bonds is 2. The summed E-state index contributed by atoms with van der Waals surface area (Å²) >= 11 is 2.85. The molecule has 0 spiro atoms. The highest BCUT2D eigenvalue weighted by atomic mass is 79.9. The van der Waals surface area contributed by atoms with Gasteiger partial charge in [0.15, 0.2) is 11.6 Å². The summed E-state index contributed by atoms with van der Waals surface area (Å²) in [5.74, 6) is -3.45. The number of methoxy groups -OCH3 is 1. The van der Waals surface area contributed by atoms with Crippen molar-refractivity contribution in [1.82, 2.24) is 0 Å². The maximum Gasteiger partial charge on any atom is 0.312 e. The minimum atomic E-state index is -1.03. The van der Waals surface area contributed by atoms with Crippen LogP contribution < -0.4 is 0 Å². The molecule has 1 unspecified atom stereocenters. The SMILES string of the molecule is COC(=O)C(C)c1ccc(Br)c(F)c1F. The summed E-state index contributed by atoms with van der Waals surface area (Å²) in [6.45, 7) is 1.46. The van der Waals surface area contributed by atoms with E-state index >= 15 is 0 Å². The van der Waals surface area contributed by atoms with E-state index in [1.807, 2.05) is 0 Å². The molecule has 5 heteroatoms. The van der Waals surface area contributed by atoms with Crippen LogP contribution >= 0.6 is 15.9 Å². The molecule has 0 amide bonds. The van der Waals surface area contributed by atoms with Gasteiger partial charge in [0.25, 0.3) is 0 Å². The zero-order chi connectivity index (χ0) is 11.6. The van der Waals surface area contributed by atoms with E-state index in [0.717, 1.165) is 0 Å². The smallest absolute Gasteiger partial charge is 0.312 e. The quantitative estimate of drug-likeness (QED) is 0.614. The molecule has 15 heavy (non-hydrogen) atoms. The van der Waals surface area contributed by atoms with Crippen LogP contribution in [0.15, 0.2) is 16.6 Å². The second-order valence-corrected chi connectivity index (χ2v) is 3.86. The molecule has 1 rings (SSSR count). The highest BCUT2D eigenvalue weighted by molar-refractivity contribution is 9.10. The minimum Gasteiger partial charge on any atom is -0.469 e. The normalized spacial score (nSPS) is 12.3. The number of esters is 1. The van der Waals surface area contributed by atoms with Crippen LogP contribution in [-0.2, 0) is 9.53 Å². The Morgan fingerprint density at radius 1 is 1.40 bits per heavy atom. The van der Waals surface area contributed by atoms with Crippen molar-refractivity contribution < 1.29 is 18.3 Å². The Bertz CT molecular complexity index is 393. The lowest BCUT2D eigenvalue weighted by Crippen LogP contribution is -2.13. The molecule has 1 atom stereocenters. The molecule has 0 radical (unpaired) electrons.